The maximum atomic E-state index is 12.8. The van der Waals surface area contributed by atoms with Crippen molar-refractivity contribution < 1.29 is 4.79 Å². The summed E-state index contributed by atoms with van der Waals surface area (Å²) in [5.74, 6) is 0.845. The topological polar surface area (TPSA) is 41.1 Å². The summed E-state index contributed by atoms with van der Waals surface area (Å²) in [4.78, 5) is 13.5. The van der Waals surface area contributed by atoms with Crippen LogP contribution in [0.2, 0.25) is 0 Å². The smallest absolute Gasteiger partial charge is 0.265 e. The van der Waals surface area contributed by atoms with E-state index in [0.29, 0.717) is 6.04 Å². The van der Waals surface area contributed by atoms with E-state index in [-0.39, 0.29) is 5.91 Å². The van der Waals surface area contributed by atoms with E-state index in [1.54, 1.807) is 0 Å². The minimum absolute atomic E-state index is 0.0346. The number of fused-ring (bicyclic) bond motifs is 1. The molecule has 0 unspecified atom stereocenters. The number of anilines is 1. The Morgan fingerprint density at radius 1 is 1.11 bits per heavy atom. The van der Waals surface area contributed by atoms with Crippen LogP contribution in [0.15, 0.2) is 54.6 Å². The second-order valence-corrected chi connectivity index (χ2v) is 9.01. The van der Waals surface area contributed by atoms with Crippen molar-refractivity contribution in [2.24, 2.45) is 5.92 Å². The normalized spacial score (nSPS) is 15.8. The van der Waals surface area contributed by atoms with Crippen LogP contribution in [0.3, 0.4) is 0 Å². The monoisotopic (exact) mass is 392 g/mol. The van der Waals surface area contributed by atoms with Crippen molar-refractivity contribution in [1.82, 2.24) is 5.32 Å². The number of hydrogen-bond donors (Lipinski definition) is 2. The second-order valence-electron chi connectivity index (χ2n) is 7.93. The van der Waals surface area contributed by atoms with Gasteiger partial charge in [0.15, 0.2) is 0 Å². The highest BCUT2D eigenvalue weighted by Gasteiger charge is 2.18. The predicted molar refractivity (Wildman–Crippen MR) is 119 cm³/mol. The molecule has 2 aromatic carbocycles. The van der Waals surface area contributed by atoms with E-state index in [0.717, 1.165) is 38.7 Å². The minimum Gasteiger partial charge on any atom is -0.321 e. The predicted octanol–water partition coefficient (Wildman–Crippen LogP) is 6.21. The zero-order valence-corrected chi connectivity index (χ0v) is 17.2. The molecule has 1 amide bonds. The van der Waals surface area contributed by atoms with Crippen molar-refractivity contribution in [1.29, 1.82) is 0 Å². The fourth-order valence-corrected chi connectivity index (χ4v) is 5.15. The Balaban J connectivity index is 1.40. The maximum Gasteiger partial charge on any atom is 0.265 e. The fourth-order valence-electron chi connectivity index (χ4n) is 4.19. The van der Waals surface area contributed by atoms with E-state index >= 15 is 0 Å². The Morgan fingerprint density at radius 2 is 1.86 bits per heavy atom. The highest BCUT2D eigenvalue weighted by molar-refractivity contribution is 7.20. The van der Waals surface area contributed by atoms with Gasteiger partial charge in [-0.1, -0.05) is 62.1 Å². The number of carbonyl (C=O) groups excluding carboxylic acids is 1. The number of hydrogen-bond acceptors (Lipinski definition) is 3. The maximum absolute atomic E-state index is 12.8. The number of amides is 1. The summed E-state index contributed by atoms with van der Waals surface area (Å²) in [6.45, 7) is 3.05. The first-order chi connectivity index (χ1) is 13.7. The second kappa shape index (κ2) is 8.89. The van der Waals surface area contributed by atoms with Gasteiger partial charge < -0.3 is 10.6 Å². The van der Waals surface area contributed by atoms with Crippen molar-refractivity contribution in [3.05, 3.63) is 65.0 Å². The van der Waals surface area contributed by atoms with Gasteiger partial charge in [-0.3, -0.25) is 4.79 Å². The van der Waals surface area contributed by atoms with Crippen LogP contribution in [-0.4, -0.2) is 11.9 Å². The van der Waals surface area contributed by atoms with Gasteiger partial charge in [0, 0.05) is 23.0 Å². The number of carbonyl (C=O) groups is 1. The molecule has 1 aliphatic carbocycles. The van der Waals surface area contributed by atoms with Crippen LogP contribution < -0.4 is 10.6 Å². The van der Waals surface area contributed by atoms with Crippen molar-refractivity contribution in [2.45, 2.75) is 51.6 Å². The van der Waals surface area contributed by atoms with Crippen molar-refractivity contribution in [3.8, 4) is 0 Å². The number of benzene rings is 2. The van der Waals surface area contributed by atoms with Crippen LogP contribution in [0, 0.1) is 5.92 Å². The van der Waals surface area contributed by atoms with Gasteiger partial charge in [-0.15, -0.1) is 11.3 Å². The van der Waals surface area contributed by atoms with Gasteiger partial charge in [-0.25, -0.2) is 0 Å². The average Bonchev–Trinajstić information content (AvgIpc) is 3.36. The molecule has 1 heterocycles. The minimum atomic E-state index is -0.0346. The van der Waals surface area contributed by atoms with Crippen LogP contribution in [0.1, 0.15) is 54.3 Å². The molecular formula is C24H28N2OS. The lowest BCUT2D eigenvalue weighted by atomic mass is 9.99. The third-order valence-corrected chi connectivity index (χ3v) is 6.83. The molecular weight excluding hydrogens is 364 g/mol. The quantitative estimate of drug-likeness (QED) is 0.502. The Kier molecular flexibility index (Phi) is 6.08. The number of para-hydroxylation sites is 1. The van der Waals surface area contributed by atoms with Gasteiger partial charge in [0.1, 0.15) is 0 Å². The molecule has 3 nitrogen and oxygen atoms in total. The molecule has 2 N–H and O–H groups in total. The van der Waals surface area contributed by atoms with Crippen LogP contribution in [0.5, 0.6) is 0 Å². The van der Waals surface area contributed by atoms with Gasteiger partial charge in [0.2, 0.25) is 0 Å². The van der Waals surface area contributed by atoms with E-state index < -0.39 is 0 Å². The first-order valence-electron chi connectivity index (χ1n) is 10.3. The lowest BCUT2D eigenvalue weighted by Crippen LogP contribution is -2.28. The molecule has 146 valence electrons. The molecule has 4 heteroatoms. The standard InChI is InChI=1S/C24H28N2OS/c1-17(14-18-8-2-3-9-18)25-16-20-11-4-6-12-21(20)26-24(27)23-15-19-10-5-7-13-22(19)28-23/h4-7,10-13,15,17-18,25H,2-3,8-9,14,16H2,1H3,(H,26,27)/t17-/m0/s1. The zero-order valence-electron chi connectivity index (χ0n) is 16.4. The van der Waals surface area contributed by atoms with E-state index in [9.17, 15) is 4.79 Å². The molecule has 1 atom stereocenters. The Labute approximate surface area is 171 Å². The highest BCUT2D eigenvalue weighted by Crippen LogP contribution is 2.29. The lowest BCUT2D eigenvalue weighted by molar-refractivity contribution is 0.103. The van der Waals surface area contributed by atoms with E-state index in [4.69, 9.17) is 0 Å². The summed E-state index contributed by atoms with van der Waals surface area (Å²) < 4.78 is 1.14. The molecule has 0 saturated heterocycles. The molecule has 0 radical (unpaired) electrons. The average molecular weight is 393 g/mol. The molecule has 3 aromatic rings. The van der Waals surface area contributed by atoms with Crippen LogP contribution in [-0.2, 0) is 6.54 Å². The Hall–Kier alpha value is -2.17. The molecule has 1 fully saturated rings. The summed E-state index contributed by atoms with van der Waals surface area (Å²) in [6, 6.07) is 18.7. The lowest BCUT2D eigenvalue weighted by Gasteiger charge is -2.19. The van der Waals surface area contributed by atoms with E-state index in [2.05, 4.69) is 29.7 Å². The zero-order chi connectivity index (χ0) is 19.3. The highest BCUT2D eigenvalue weighted by atomic mass is 32.1. The summed E-state index contributed by atoms with van der Waals surface area (Å²) in [7, 11) is 0. The van der Waals surface area contributed by atoms with Gasteiger partial charge >= 0.3 is 0 Å². The molecule has 1 aliphatic rings. The van der Waals surface area contributed by atoms with Crippen molar-refractivity contribution >= 4 is 33.0 Å². The van der Waals surface area contributed by atoms with Crippen LogP contribution in [0.25, 0.3) is 10.1 Å². The molecule has 0 bridgehead atoms. The van der Waals surface area contributed by atoms with Gasteiger partial charge in [-0.2, -0.15) is 0 Å². The van der Waals surface area contributed by atoms with Crippen molar-refractivity contribution in [2.75, 3.05) is 5.32 Å². The number of rotatable bonds is 7. The number of nitrogens with one attached hydrogen (secondary N) is 2. The largest absolute Gasteiger partial charge is 0.321 e. The molecule has 0 spiro atoms. The first kappa shape index (κ1) is 19.2. The molecule has 1 saturated carbocycles. The summed E-state index contributed by atoms with van der Waals surface area (Å²) in [5.41, 5.74) is 2.03. The third-order valence-electron chi connectivity index (χ3n) is 5.72. The van der Waals surface area contributed by atoms with E-state index in [1.165, 1.54) is 43.4 Å². The van der Waals surface area contributed by atoms with Crippen LogP contribution in [0.4, 0.5) is 5.69 Å². The van der Waals surface area contributed by atoms with Gasteiger partial charge in [-0.05, 0) is 48.4 Å². The Morgan fingerprint density at radius 3 is 2.68 bits per heavy atom. The summed E-state index contributed by atoms with van der Waals surface area (Å²) >= 11 is 1.54. The van der Waals surface area contributed by atoms with Crippen molar-refractivity contribution in [3.63, 3.8) is 0 Å². The fraction of sp³-hybridized carbons (Fsp3) is 0.375. The summed E-state index contributed by atoms with van der Waals surface area (Å²) in [6.07, 6.45) is 6.80. The van der Waals surface area contributed by atoms with Gasteiger partial charge in [0.05, 0.1) is 4.88 Å². The first-order valence-corrected chi connectivity index (χ1v) is 11.1. The Bertz CT molecular complexity index is 909. The number of thiophene rings is 1. The molecule has 0 aliphatic heterocycles. The van der Waals surface area contributed by atoms with E-state index in [1.807, 2.05) is 42.5 Å². The third kappa shape index (κ3) is 4.62. The summed E-state index contributed by atoms with van der Waals surface area (Å²) in [5, 5.41) is 7.89. The molecule has 28 heavy (non-hydrogen) atoms. The molecule has 1 aromatic heterocycles. The van der Waals surface area contributed by atoms with Crippen LogP contribution >= 0.6 is 11.3 Å². The SMILES string of the molecule is C[C@@H](CC1CCCC1)NCc1ccccc1NC(=O)c1cc2ccccc2s1. The van der Waals surface area contributed by atoms with Gasteiger partial charge in [0.25, 0.3) is 5.91 Å². The molecule has 4 rings (SSSR count).